The zero-order valence-corrected chi connectivity index (χ0v) is 5.47. The Balaban J connectivity index is 2.59. The molecule has 10 heavy (non-hydrogen) atoms. The van der Waals surface area contributed by atoms with Gasteiger partial charge in [-0.15, -0.1) is 0 Å². The number of halogens is 1. The van der Waals surface area contributed by atoms with Crippen molar-refractivity contribution in [1.82, 2.24) is 0 Å². The highest BCUT2D eigenvalue weighted by atomic mass is 19.1. The second kappa shape index (κ2) is 1.94. The molecule has 1 aliphatic rings. The number of fused-ring (bicyclic) bond motifs is 1. The number of hydrogen-bond acceptors (Lipinski definition) is 0. The van der Waals surface area contributed by atoms with Gasteiger partial charge in [0.15, 0.2) is 0 Å². The molecule has 0 bridgehead atoms. The zero-order valence-electron chi connectivity index (χ0n) is 5.47. The van der Waals surface area contributed by atoms with Gasteiger partial charge in [-0.1, -0.05) is 18.2 Å². The lowest BCUT2D eigenvalue weighted by atomic mass is 10.1. The summed E-state index contributed by atoms with van der Waals surface area (Å²) in [6, 6.07) is 4.90. The van der Waals surface area contributed by atoms with Gasteiger partial charge in [-0.05, 0) is 29.7 Å². The first kappa shape index (κ1) is 5.66. The van der Waals surface area contributed by atoms with Crippen LogP contribution in [0.25, 0.3) is 6.08 Å². The Morgan fingerprint density at radius 3 is 3.10 bits per heavy atom. The van der Waals surface area contributed by atoms with E-state index in [9.17, 15) is 4.39 Å². The molecule has 0 N–H and O–H groups in total. The van der Waals surface area contributed by atoms with Crippen molar-refractivity contribution in [2.45, 2.75) is 6.42 Å². The van der Waals surface area contributed by atoms with Crippen LogP contribution in [0.1, 0.15) is 11.1 Å². The molecule has 0 radical (unpaired) electrons. The fraction of sp³-hybridized carbons (Fsp3) is 0.111. The molecule has 0 atom stereocenters. The van der Waals surface area contributed by atoms with Crippen molar-refractivity contribution in [3.8, 4) is 0 Å². The third-order valence-electron chi connectivity index (χ3n) is 1.74. The van der Waals surface area contributed by atoms with Crippen molar-refractivity contribution in [2.24, 2.45) is 0 Å². The molecule has 1 aliphatic carbocycles. The fourth-order valence-corrected chi connectivity index (χ4v) is 1.23. The Hall–Kier alpha value is -1.11. The molecule has 0 saturated carbocycles. The maximum atomic E-state index is 12.5. The number of allylic oxidation sites excluding steroid dienone is 1. The summed E-state index contributed by atoms with van der Waals surface area (Å²) in [4.78, 5) is 0. The van der Waals surface area contributed by atoms with Crippen LogP contribution in [-0.4, -0.2) is 0 Å². The van der Waals surface area contributed by atoms with Gasteiger partial charge in [0.25, 0.3) is 0 Å². The summed E-state index contributed by atoms with van der Waals surface area (Å²) < 4.78 is 12.5. The molecule has 0 unspecified atom stereocenters. The predicted octanol–water partition coefficient (Wildman–Crippen LogP) is 2.40. The average Bonchev–Trinajstić information content (AvgIpc) is 2.33. The van der Waals surface area contributed by atoms with E-state index in [-0.39, 0.29) is 5.82 Å². The summed E-state index contributed by atoms with van der Waals surface area (Å²) in [5.41, 5.74) is 2.25. The first-order valence-corrected chi connectivity index (χ1v) is 3.31. The summed E-state index contributed by atoms with van der Waals surface area (Å²) in [6.07, 6.45) is 4.95. The van der Waals surface area contributed by atoms with E-state index in [0.29, 0.717) is 0 Å². The van der Waals surface area contributed by atoms with Gasteiger partial charge in [0, 0.05) is 0 Å². The molecule has 1 aromatic carbocycles. The summed E-state index contributed by atoms with van der Waals surface area (Å²) >= 11 is 0. The van der Waals surface area contributed by atoms with Gasteiger partial charge in [0.1, 0.15) is 5.82 Å². The molecule has 50 valence electrons. The number of benzene rings is 1. The molecule has 2 rings (SSSR count). The molecule has 0 aromatic heterocycles. The van der Waals surface area contributed by atoms with Crippen molar-refractivity contribution >= 4 is 6.08 Å². The van der Waals surface area contributed by atoms with E-state index in [1.165, 1.54) is 6.07 Å². The summed E-state index contributed by atoms with van der Waals surface area (Å²) in [5, 5.41) is 0. The third kappa shape index (κ3) is 0.747. The Morgan fingerprint density at radius 2 is 2.20 bits per heavy atom. The maximum absolute atomic E-state index is 12.5. The van der Waals surface area contributed by atoms with E-state index in [4.69, 9.17) is 0 Å². The second-order valence-corrected chi connectivity index (χ2v) is 2.45. The Bertz CT molecular complexity index is 287. The summed E-state index contributed by atoms with van der Waals surface area (Å²) in [7, 11) is 0. The van der Waals surface area contributed by atoms with Crippen molar-refractivity contribution in [2.75, 3.05) is 0 Å². The van der Waals surface area contributed by atoms with Crippen LogP contribution >= 0.6 is 0 Å². The lowest BCUT2D eigenvalue weighted by molar-refractivity contribution is 0.626. The first-order valence-electron chi connectivity index (χ1n) is 3.31. The lowest BCUT2D eigenvalue weighted by Crippen LogP contribution is -1.82. The predicted molar refractivity (Wildman–Crippen MR) is 39.1 cm³/mol. The lowest BCUT2D eigenvalue weighted by Gasteiger charge is -1.95. The first-order chi connectivity index (χ1) is 4.86. The smallest absolute Gasteiger partial charge is 0.123 e. The number of rotatable bonds is 0. The van der Waals surface area contributed by atoms with E-state index < -0.39 is 0 Å². The minimum absolute atomic E-state index is 0.137. The van der Waals surface area contributed by atoms with Gasteiger partial charge < -0.3 is 0 Å². The molecule has 1 heteroatoms. The van der Waals surface area contributed by atoms with Gasteiger partial charge in [0.2, 0.25) is 0 Å². The maximum Gasteiger partial charge on any atom is 0.123 e. The highest BCUT2D eigenvalue weighted by Gasteiger charge is 2.03. The highest BCUT2D eigenvalue weighted by molar-refractivity contribution is 5.59. The van der Waals surface area contributed by atoms with Crippen LogP contribution in [0, 0.1) is 5.82 Å². The van der Waals surface area contributed by atoms with E-state index >= 15 is 0 Å². The van der Waals surface area contributed by atoms with Crippen LogP contribution in [0.5, 0.6) is 0 Å². The quantitative estimate of drug-likeness (QED) is 0.511. The largest absolute Gasteiger partial charge is 0.207 e. The van der Waals surface area contributed by atoms with Crippen LogP contribution in [-0.2, 0) is 6.42 Å². The molecule has 0 heterocycles. The van der Waals surface area contributed by atoms with Crippen LogP contribution in [0.3, 0.4) is 0 Å². The van der Waals surface area contributed by atoms with E-state index in [1.807, 2.05) is 18.2 Å². The normalized spacial score (nSPS) is 13.7. The molecule has 1 aromatic rings. The van der Waals surface area contributed by atoms with Gasteiger partial charge >= 0.3 is 0 Å². The van der Waals surface area contributed by atoms with Gasteiger partial charge in [-0.2, -0.15) is 0 Å². The van der Waals surface area contributed by atoms with Crippen molar-refractivity contribution in [3.05, 3.63) is 41.2 Å². The Kier molecular flexibility index (Phi) is 1.10. The van der Waals surface area contributed by atoms with Crippen molar-refractivity contribution in [1.29, 1.82) is 0 Å². The SMILES string of the molecule is Fc1ccc2c(c1)CC=C2. The fourth-order valence-electron chi connectivity index (χ4n) is 1.23. The monoisotopic (exact) mass is 134 g/mol. The molecule has 0 aliphatic heterocycles. The van der Waals surface area contributed by atoms with Crippen molar-refractivity contribution in [3.63, 3.8) is 0 Å². The van der Waals surface area contributed by atoms with Gasteiger partial charge in [-0.25, -0.2) is 4.39 Å². The van der Waals surface area contributed by atoms with Crippen LogP contribution in [0.4, 0.5) is 4.39 Å². The van der Waals surface area contributed by atoms with Crippen LogP contribution in [0.15, 0.2) is 24.3 Å². The second-order valence-electron chi connectivity index (χ2n) is 2.45. The van der Waals surface area contributed by atoms with Gasteiger partial charge in [-0.3, -0.25) is 0 Å². The van der Waals surface area contributed by atoms with Crippen molar-refractivity contribution < 1.29 is 4.39 Å². The number of hydrogen-bond donors (Lipinski definition) is 0. The molecule has 0 amide bonds. The van der Waals surface area contributed by atoms with E-state index in [0.717, 1.165) is 17.5 Å². The Morgan fingerprint density at radius 1 is 1.30 bits per heavy atom. The molecule has 0 saturated heterocycles. The summed E-state index contributed by atoms with van der Waals surface area (Å²) in [6.45, 7) is 0. The minimum Gasteiger partial charge on any atom is -0.207 e. The average molecular weight is 134 g/mol. The minimum atomic E-state index is -0.137. The highest BCUT2D eigenvalue weighted by Crippen LogP contribution is 2.19. The van der Waals surface area contributed by atoms with Crippen LogP contribution < -0.4 is 0 Å². The molecular formula is C9H7F. The van der Waals surface area contributed by atoms with E-state index in [1.54, 1.807) is 6.07 Å². The Labute approximate surface area is 59.0 Å². The molecule has 0 nitrogen and oxygen atoms in total. The topological polar surface area (TPSA) is 0 Å². The zero-order chi connectivity index (χ0) is 6.97. The van der Waals surface area contributed by atoms with Crippen LogP contribution in [0.2, 0.25) is 0 Å². The van der Waals surface area contributed by atoms with E-state index in [2.05, 4.69) is 0 Å². The standard InChI is InChI=1S/C9H7F/c10-9-5-4-7-2-1-3-8(7)6-9/h1-2,4-6H,3H2. The van der Waals surface area contributed by atoms with Gasteiger partial charge in [0.05, 0.1) is 0 Å². The molecular weight excluding hydrogens is 127 g/mol. The molecule has 0 spiro atoms. The summed E-state index contributed by atoms with van der Waals surface area (Å²) in [5.74, 6) is -0.137. The third-order valence-corrected chi connectivity index (χ3v) is 1.74. The molecule has 0 fully saturated rings.